The lowest BCUT2D eigenvalue weighted by molar-refractivity contribution is 0.0988. The smallest absolute Gasteiger partial charge is 0.165 e. The molecule has 0 unspecified atom stereocenters. The van der Waals surface area contributed by atoms with E-state index >= 15 is 0 Å². The van der Waals surface area contributed by atoms with Gasteiger partial charge in [-0.05, 0) is 12.5 Å². The molecule has 0 radical (unpaired) electrons. The van der Waals surface area contributed by atoms with Gasteiger partial charge in [0.1, 0.15) is 0 Å². The Kier molecular flexibility index (Phi) is 3.60. The van der Waals surface area contributed by atoms with E-state index in [1.807, 2.05) is 18.7 Å². The minimum atomic E-state index is 0.125. The summed E-state index contributed by atoms with van der Waals surface area (Å²) in [6, 6.07) is 2.07. The van der Waals surface area contributed by atoms with Crippen molar-refractivity contribution in [2.45, 2.75) is 33.2 Å². The number of Topliss-reactive ketones (excluding diaryl/α,β-unsaturated/α-hetero) is 1. The second-order valence-corrected chi connectivity index (χ2v) is 4.31. The van der Waals surface area contributed by atoms with Gasteiger partial charge in [0, 0.05) is 19.7 Å². The molecule has 2 rings (SSSR count). The molecule has 2 heterocycles. The van der Waals surface area contributed by atoms with Gasteiger partial charge < -0.3 is 0 Å². The summed E-state index contributed by atoms with van der Waals surface area (Å²) in [5, 5.41) is 8.60. The molecule has 5 nitrogen and oxygen atoms in total. The first kappa shape index (κ1) is 12.5. The van der Waals surface area contributed by atoms with E-state index in [4.69, 9.17) is 0 Å². The lowest BCUT2D eigenvalue weighted by Gasteiger charge is -2.01. The van der Waals surface area contributed by atoms with Crippen LogP contribution in [0.3, 0.4) is 0 Å². The van der Waals surface area contributed by atoms with E-state index in [0.29, 0.717) is 18.5 Å². The summed E-state index contributed by atoms with van der Waals surface area (Å²) in [4.78, 5) is 11.5. The minimum absolute atomic E-state index is 0.125. The number of ketones is 1. The van der Waals surface area contributed by atoms with E-state index in [1.54, 1.807) is 17.1 Å². The molecule has 2 aromatic rings. The zero-order chi connectivity index (χ0) is 13.1. The fourth-order valence-electron chi connectivity index (χ4n) is 1.86. The fraction of sp³-hybridized carbons (Fsp3) is 0.462. The third kappa shape index (κ3) is 2.50. The third-order valence-corrected chi connectivity index (χ3v) is 2.99. The number of carbonyl (C=O) groups is 1. The van der Waals surface area contributed by atoms with Crippen LogP contribution in [0.4, 0.5) is 0 Å². The highest BCUT2D eigenvalue weighted by Gasteiger charge is 2.08. The first-order chi connectivity index (χ1) is 8.63. The van der Waals surface area contributed by atoms with E-state index in [2.05, 4.69) is 23.2 Å². The maximum Gasteiger partial charge on any atom is 0.165 e. The molecule has 0 saturated carbocycles. The highest BCUT2D eigenvalue weighted by molar-refractivity contribution is 5.95. The minimum Gasteiger partial charge on any atom is -0.294 e. The Morgan fingerprint density at radius 1 is 1.39 bits per heavy atom. The Morgan fingerprint density at radius 2 is 2.17 bits per heavy atom. The first-order valence-electron chi connectivity index (χ1n) is 6.21. The predicted octanol–water partition coefficient (Wildman–Crippen LogP) is 1.82. The van der Waals surface area contributed by atoms with Gasteiger partial charge >= 0.3 is 0 Å². The number of carbonyl (C=O) groups excluding carboxylic acids is 1. The molecule has 0 fully saturated rings. The molecular weight excluding hydrogens is 228 g/mol. The van der Waals surface area contributed by atoms with Crippen molar-refractivity contribution in [2.24, 2.45) is 7.05 Å². The Hall–Kier alpha value is -1.91. The number of hydrogen-bond acceptors (Lipinski definition) is 3. The standard InChI is InChI=1S/C13H18N4O/c1-4-11-6-12(16(3)15-11)9-17-8-10(7-14-17)13(18)5-2/h6-8H,4-5,9H2,1-3H3. The molecule has 0 atom stereocenters. The zero-order valence-electron chi connectivity index (χ0n) is 11.1. The molecule has 0 aliphatic carbocycles. The summed E-state index contributed by atoms with van der Waals surface area (Å²) in [7, 11) is 1.93. The second kappa shape index (κ2) is 5.16. The Labute approximate surface area is 106 Å². The molecule has 0 saturated heterocycles. The van der Waals surface area contributed by atoms with Crippen LogP contribution >= 0.6 is 0 Å². The average Bonchev–Trinajstić information content (AvgIpc) is 2.97. The quantitative estimate of drug-likeness (QED) is 0.756. The number of aryl methyl sites for hydroxylation is 2. The predicted molar refractivity (Wildman–Crippen MR) is 68.5 cm³/mol. The summed E-state index contributed by atoms with van der Waals surface area (Å²) in [6.07, 6.45) is 4.86. The SMILES string of the molecule is CCC(=O)c1cnn(Cc2cc(CC)nn2C)c1. The van der Waals surface area contributed by atoms with Crippen molar-refractivity contribution in [2.75, 3.05) is 0 Å². The van der Waals surface area contributed by atoms with Crippen molar-refractivity contribution in [3.05, 3.63) is 35.4 Å². The van der Waals surface area contributed by atoms with Crippen molar-refractivity contribution < 1.29 is 4.79 Å². The van der Waals surface area contributed by atoms with Crippen LogP contribution in [0.25, 0.3) is 0 Å². The monoisotopic (exact) mass is 246 g/mol. The summed E-state index contributed by atoms with van der Waals surface area (Å²) < 4.78 is 3.64. The maximum atomic E-state index is 11.5. The van der Waals surface area contributed by atoms with Gasteiger partial charge in [-0.1, -0.05) is 13.8 Å². The van der Waals surface area contributed by atoms with Crippen molar-refractivity contribution in [1.82, 2.24) is 19.6 Å². The highest BCUT2D eigenvalue weighted by Crippen LogP contribution is 2.08. The van der Waals surface area contributed by atoms with Crippen LogP contribution in [0.2, 0.25) is 0 Å². The van der Waals surface area contributed by atoms with Crippen LogP contribution in [-0.4, -0.2) is 25.3 Å². The van der Waals surface area contributed by atoms with Crippen molar-refractivity contribution in [3.63, 3.8) is 0 Å². The Balaban J connectivity index is 2.15. The Bertz CT molecular complexity index is 553. The van der Waals surface area contributed by atoms with Crippen molar-refractivity contribution in [3.8, 4) is 0 Å². The summed E-state index contributed by atoms with van der Waals surface area (Å²) in [6.45, 7) is 4.58. The van der Waals surface area contributed by atoms with Crippen molar-refractivity contribution in [1.29, 1.82) is 0 Å². The summed E-state index contributed by atoms with van der Waals surface area (Å²) in [5.74, 6) is 0.125. The molecule has 0 amide bonds. The first-order valence-corrected chi connectivity index (χ1v) is 6.21. The molecule has 96 valence electrons. The van der Waals surface area contributed by atoms with Gasteiger partial charge in [-0.15, -0.1) is 0 Å². The average molecular weight is 246 g/mol. The maximum absolute atomic E-state index is 11.5. The van der Waals surface area contributed by atoms with E-state index in [1.165, 1.54) is 0 Å². The van der Waals surface area contributed by atoms with Crippen LogP contribution in [-0.2, 0) is 20.0 Å². The summed E-state index contributed by atoms with van der Waals surface area (Å²) in [5.41, 5.74) is 2.84. The van der Waals surface area contributed by atoms with Crippen molar-refractivity contribution >= 4 is 5.78 Å². The third-order valence-electron chi connectivity index (χ3n) is 2.99. The van der Waals surface area contributed by atoms with Gasteiger partial charge in [-0.25, -0.2) is 0 Å². The van der Waals surface area contributed by atoms with Gasteiger partial charge in [0.25, 0.3) is 0 Å². The van der Waals surface area contributed by atoms with Crippen LogP contribution < -0.4 is 0 Å². The van der Waals surface area contributed by atoms with E-state index < -0.39 is 0 Å². The molecule has 0 bridgehead atoms. The van der Waals surface area contributed by atoms with Crippen LogP contribution in [0.1, 0.15) is 42.0 Å². The van der Waals surface area contributed by atoms with Gasteiger partial charge in [0.15, 0.2) is 5.78 Å². The number of hydrogen-bond donors (Lipinski definition) is 0. The molecule has 0 aliphatic rings. The normalized spacial score (nSPS) is 10.8. The molecular formula is C13H18N4O. The number of aromatic nitrogens is 4. The lowest BCUT2D eigenvalue weighted by atomic mass is 10.2. The van der Waals surface area contributed by atoms with Crippen LogP contribution in [0.15, 0.2) is 18.5 Å². The summed E-state index contributed by atoms with van der Waals surface area (Å²) >= 11 is 0. The topological polar surface area (TPSA) is 52.7 Å². The van der Waals surface area contributed by atoms with Gasteiger partial charge in [0.2, 0.25) is 0 Å². The van der Waals surface area contributed by atoms with Crippen LogP contribution in [0, 0.1) is 0 Å². The molecule has 2 aromatic heterocycles. The number of nitrogens with zero attached hydrogens (tertiary/aromatic N) is 4. The fourth-order valence-corrected chi connectivity index (χ4v) is 1.86. The van der Waals surface area contributed by atoms with Gasteiger partial charge in [-0.2, -0.15) is 10.2 Å². The van der Waals surface area contributed by atoms with Crippen LogP contribution in [0.5, 0.6) is 0 Å². The molecule has 0 aromatic carbocycles. The van der Waals surface area contributed by atoms with Gasteiger partial charge in [0.05, 0.1) is 29.7 Å². The van der Waals surface area contributed by atoms with E-state index in [-0.39, 0.29) is 5.78 Å². The molecule has 0 aliphatic heterocycles. The second-order valence-electron chi connectivity index (χ2n) is 4.31. The largest absolute Gasteiger partial charge is 0.294 e. The molecule has 0 N–H and O–H groups in total. The van der Waals surface area contributed by atoms with Gasteiger partial charge in [-0.3, -0.25) is 14.2 Å². The molecule has 0 spiro atoms. The zero-order valence-corrected chi connectivity index (χ0v) is 11.1. The molecule has 5 heteroatoms. The lowest BCUT2D eigenvalue weighted by Crippen LogP contribution is -2.06. The highest BCUT2D eigenvalue weighted by atomic mass is 16.1. The van der Waals surface area contributed by atoms with E-state index in [0.717, 1.165) is 17.8 Å². The van der Waals surface area contributed by atoms with E-state index in [9.17, 15) is 4.79 Å². The molecule has 18 heavy (non-hydrogen) atoms. The number of rotatable bonds is 5. The Morgan fingerprint density at radius 3 is 2.78 bits per heavy atom.